The molecule has 5 heteroatoms. The van der Waals surface area contributed by atoms with Gasteiger partial charge in [0, 0.05) is 0 Å². The second-order valence-corrected chi connectivity index (χ2v) is 28.5. The zero-order valence-corrected chi connectivity index (χ0v) is 19.6. The monoisotopic (exact) mass is 558 g/mol. The summed E-state index contributed by atoms with van der Waals surface area (Å²) in [5.41, 5.74) is 0. The summed E-state index contributed by atoms with van der Waals surface area (Å²) in [7, 11) is 0. The third kappa shape index (κ3) is 4.57. The molecule has 0 saturated carbocycles. The second-order valence-electron chi connectivity index (χ2n) is 6.85. The standard InChI is InChI=1S/C8H13O3.2C6H5.HI.Sn/c1-4-5-6-7(9)11-8(2,3)10-6;2*1-2-4-6-5-3-1;;/h6H,1,4-5H2,2-3H3;2*1-5H;1H;/q;;;;+1/p-1. The van der Waals surface area contributed by atoms with Gasteiger partial charge in [0.25, 0.3) is 0 Å². The molecule has 0 N–H and O–H groups in total. The van der Waals surface area contributed by atoms with Crippen molar-refractivity contribution in [1.29, 1.82) is 0 Å². The Morgan fingerprint density at radius 1 is 1.00 bits per heavy atom. The summed E-state index contributed by atoms with van der Waals surface area (Å²) >= 11 is -0.00276. The molecule has 1 unspecified atom stereocenters. The average molecular weight is 557 g/mol. The molecule has 1 saturated heterocycles. The number of hydrogen-bond donors (Lipinski definition) is 0. The maximum atomic E-state index is 12.0. The van der Waals surface area contributed by atoms with Crippen LogP contribution in [0.3, 0.4) is 0 Å². The van der Waals surface area contributed by atoms with Gasteiger partial charge in [-0.15, -0.1) is 0 Å². The summed E-state index contributed by atoms with van der Waals surface area (Å²) in [5, 5.41) is 0. The molecule has 0 spiro atoms. The first kappa shape index (κ1) is 19.2. The van der Waals surface area contributed by atoms with Crippen molar-refractivity contribution in [2.45, 2.75) is 43.0 Å². The van der Waals surface area contributed by atoms with Crippen LogP contribution in [0.1, 0.15) is 26.7 Å². The first-order valence-electron chi connectivity index (χ1n) is 8.61. The van der Waals surface area contributed by atoms with Crippen molar-refractivity contribution in [1.82, 2.24) is 0 Å². The van der Waals surface area contributed by atoms with Gasteiger partial charge < -0.3 is 0 Å². The van der Waals surface area contributed by atoms with Crippen molar-refractivity contribution in [2.75, 3.05) is 0 Å². The van der Waals surface area contributed by atoms with Crippen molar-refractivity contribution in [3.05, 3.63) is 60.7 Å². The topological polar surface area (TPSA) is 35.5 Å². The molecule has 3 rings (SSSR count). The fraction of sp³-hybridized carbons (Fsp3) is 0.350. The average Bonchev–Trinajstić information content (AvgIpc) is 2.88. The Hall–Kier alpha value is -0.601. The van der Waals surface area contributed by atoms with Crippen LogP contribution in [0.5, 0.6) is 0 Å². The molecule has 25 heavy (non-hydrogen) atoms. The van der Waals surface area contributed by atoms with Crippen LogP contribution in [0.25, 0.3) is 0 Å². The van der Waals surface area contributed by atoms with Crippen LogP contribution in [-0.2, 0) is 14.3 Å². The van der Waals surface area contributed by atoms with Gasteiger partial charge in [0.05, 0.1) is 0 Å². The van der Waals surface area contributed by atoms with Gasteiger partial charge in [-0.1, -0.05) is 0 Å². The summed E-state index contributed by atoms with van der Waals surface area (Å²) in [6, 6.07) is 21.7. The Kier molecular flexibility index (Phi) is 6.10. The van der Waals surface area contributed by atoms with Gasteiger partial charge in [0.15, 0.2) is 0 Å². The number of hydrogen-bond acceptors (Lipinski definition) is 3. The summed E-state index contributed by atoms with van der Waals surface area (Å²) in [6.07, 6.45) is 1.27. The van der Waals surface area contributed by atoms with Crippen LogP contribution >= 0.6 is 18.6 Å². The molecule has 2 aromatic rings. The normalized spacial score (nSPS) is 19.6. The number of carbonyl (C=O) groups is 1. The first-order valence-corrected chi connectivity index (χ1v) is 21.8. The van der Waals surface area contributed by atoms with Gasteiger partial charge in [-0.3, -0.25) is 0 Å². The SMILES string of the molecule is CC1(C)OC(=O)C(CC[CH2][Sn]([I])([c]2ccccc2)[c]2ccccc2)O1. The Morgan fingerprint density at radius 2 is 1.52 bits per heavy atom. The Labute approximate surface area is 163 Å². The van der Waals surface area contributed by atoms with E-state index in [1.807, 2.05) is 0 Å². The van der Waals surface area contributed by atoms with E-state index in [4.69, 9.17) is 9.47 Å². The van der Waals surface area contributed by atoms with Crippen LogP contribution in [-0.4, -0.2) is 32.3 Å². The maximum absolute atomic E-state index is 12.0. The third-order valence-electron chi connectivity index (χ3n) is 4.49. The number of carbonyl (C=O) groups excluding carboxylic acids is 1. The molecule has 1 aliphatic rings. The molecule has 132 valence electrons. The van der Waals surface area contributed by atoms with Crippen LogP contribution < -0.4 is 7.16 Å². The molecule has 0 bridgehead atoms. The van der Waals surface area contributed by atoms with Crippen molar-refractivity contribution in [3.63, 3.8) is 0 Å². The molecule has 3 nitrogen and oxygen atoms in total. The predicted molar refractivity (Wildman–Crippen MR) is 111 cm³/mol. The van der Waals surface area contributed by atoms with E-state index >= 15 is 0 Å². The number of cyclic esters (lactones) is 1. The van der Waals surface area contributed by atoms with Gasteiger partial charge in [0.1, 0.15) is 0 Å². The van der Waals surface area contributed by atoms with Crippen molar-refractivity contribution < 1.29 is 14.3 Å². The summed E-state index contributed by atoms with van der Waals surface area (Å²) in [6.45, 7) is 3.58. The zero-order chi connectivity index (χ0) is 17.9. The summed E-state index contributed by atoms with van der Waals surface area (Å²) in [5.74, 6) is -1.01. The fourth-order valence-corrected chi connectivity index (χ4v) is 19.4. The van der Waals surface area contributed by atoms with Crippen molar-refractivity contribution in [2.24, 2.45) is 0 Å². The Morgan fingerprint density at radius 3 is 1.96 bits per heavy atom. The zero-order valence-electron chi connectivity index (χ0n) is 14.6. The van der Waals surface area contributed by atoms with Crippen LogP contribution in [0, 0.1) is 0 Å². The first-order chi connectivity index (χ1) is 11.9. The molecule has 2 aromatic carbocycles. The van der Waals surface area contributed by atoms with Gasteiger partial charge in [-0.05, 0) is 0 Å². The third-order valence-corrected chi connectivity index (χ3v) is 26.6. The van der Waals surface area contributed by atoms with E-state index in [9.17, 15) is 4.79 Å². The number of halogens is 1. The van der Waals surface area contributed by atoms with Crippen LogP contribution in [0.2, 0.25) is 4.44 Å². The summed E-state index contributed by atoms with van der Waals surface area (Å²) in [4.78, 5) is 12.0. The van der Waals surface area contributed by atoms with Gasteiger partial charge >= 0.3 is 164 Å². The van der Waals surface area contributed by atoms with E-state index < -0.39 is 26.3 Å². The molecular weight excluding hydrogens is 534 g/mol. The van der Waals surface area contributed by atoms with E-state index in [-0.39, 0.29) is 5.97 Å². The molecule has 1 heterocycles. The molecule has 1 fully saturated rings. The molecule has 0 aromatic heterocycles. The number of benzene rings is 2. The van der Waals surface area contributed by atoms with Gasteiger partial charge in [0.2, 0.25) is 0 Å². The minimum atomic E-state index is -2.76. The number of esters is 1. The molecule has 0 radical (unpaired) electrons. The quantitative estimate of drug-likeness (QED) is 0.310. The minimum absolute atomic E-state index is 0.223. The van der Waals surface area contributed by atoms with E-state index in [1.165, 1.54) is 7.16 Å². The summed E-state index contributed by atoms with van der Waals surface area (Å²) < 4.78 is 15.1. The van der Waals surface area contributed by atoms with E-state index in [0.717, 1.165) is 17.3 Å². The predicted octanol–water partition coefficient (Wildman–Crippen LogP) is 3.64. The molecule has 0 aliphatic carbocycles. The van der Waals surface area contributed by atoms with Crippen molar-refractivity contribution in [3.8, 4) is 0 Å². The Balaban J connectivity index is 1.75. The van der Waals surface area contributed by atoms with Crippen LogP contribution in [0.15, 0.2) is 60.7 Å². The van der Waals surface area contributed by atoms with E-state index in [0.29, 0.717) is 0 Å². The van der Waals surface area contributed by atoms with Crippen molar-refractivity contribution >= 4 is 46.2 Å². The molecule has 1 aliphatic heterocycles. The molecule has 0 amide bonds. The molecular formula is C20H23IO3Sn. The second kappa shape index (κ2) is 7.96. The fourth-order valence-electron chi connectivity index (χ4n) is 3.29. The van der Waals surface area contributed by atoms with Gasteiger partial charge in [-0.2, -0.15) is 0 Å². The molecule has 1 atom stereocenters. The van der Waals surface area contributed by atoms with E-state index in [2.05, 4.69) is 79.3 Å². The van der Waals surface area contributed by atoms with Gasteiger partial charge in [-0.25, -0.2) is 0 Å². The number of rotatable bonds is 6. The van der Waals surface area contributed by atoms with E-state index in [1.54, 1.807) is 13.8 Å². The van der Waals surface area contributed by atoms with Crippen LogP contribution in [0.4, 0.5) is 0 Å². The Bertz CT molecular complexity index is 679. The number of ether oxygens (including phenoxy) is 2.